The highest BCUT2D eigenvalue weighted by molar-refractivity contribution is 5.89. The molecule has 1 saturated heterocycles. The van der Waals surface area contributed by atoms with Crippen LogP contribution in [0.15, 0.2) is 54.6 Å². The van der Waals surface area contributed by atoms with E-state index >= 15 is 0 Å². The molecule has 0 radical (unpaired) electrons. The summed E-state index contributed by atoms with van der Waals surface area (Å²) in [4.78, 5) is 31.6. The highest BCUT2D eigenvalue weighted by atomic mass is 16.2. The number of nitrogens with zero attached hydrogens (tertiary/aromatic N) is 3. The molecule has 0 aromatic heterocycles. The molecule has 0 N–H and O–H groups in total. The standard InChI is InChI=1S/C23H27N3O2/c1-24-13-14-26(16-19-9-5-6-10-21(19)24)23(28)20-15-22(27)25(17-20)12-11-18-7-3-2-4-8-18/h2-10,20H,11-17H2,1H3. The van der Waals surface area contributed by atoms with Crippen molar-refractivity contribution in [2.45, 2.75) is 19.4 Å². The molecule has 2 aliphatic heterocycles. The first-order valence-electron chi connectivity index (χ1n) is 10.0. The fourth-order valence-electron chi connectivity index (χ4n) is 4.20. The van der Waals surface area contributed by atoms with Crippen LogP contribution < -0.4 is 4.90 Å². The Bertz CT molecular complexity index is 852. The van der Waals surface area contributed by atoms with E-state index in [0.29, 0.717) is 32.6 Å². The predicted octanol–water partition coefficient (Wildman–Crippen LogP) is 2.56. The minimum atomic E-state index is -0.223. The maximum Gasteiger partial charge on any atom is 0.228 e. The molecule has 1 fully saturated rings. The van der Waals surface area contributed by atoms with Crippen LogP contribution in [0.2, 0.25) is 0 Å². The highest BCUT2D eigenvalue weighted by Crippen LogP contribution is 2.27. The van der Waals surface area contributed by atoms with Gasteiger partial charge in [-0.1, -0.05) is 48.5 Å². The quantitative estimate of drug-likeness (QED) is 0.823. The van der Waals surface area contributed by atoms with Gasteiger partial charge in [0.15, 0.2) is 0 Å². The van der Waals surface area contributed by atoms with Crippen molar-refractivity contribution in [2.75, 3.05) is 38.1 Å². The normalized spacial score (nSPS) is 19.5. The van der Waals surface area contributed by atoms with Crippen molar-refractivity contribution in [3.8, 4) is 0 Å². The highest BCUT2D eigenvalue weighted by Gasteiger charge is 2.36. The molecule has 28 heavy (non-hydrogen) atoms. The van der Waals surface area contributed by atoms with Crippen LogP contribution in [0.1, 0.15) is 17.5 Å². The molecule has 4 rings (SSSR count). The predicted molar refractivity (Wildman–Crippen MR) is 110 cm³/mol. The molecule has 5 heteroatoms. The molecular formula is C23H27N3O2. The molecule has 1 unspecified atom stereocenters. The Morgan fingerprint density at radius 3 is 2.61 bits per heavy atom. The van der Waals surface area contributed by atoms with Crippen molar-refractivity contribution < 1.29 is 9.59 Å². The second-order valence-corrected chi connectivity index (χ2v) is 7.79. The lowest BCUT2D eigenvalue weighted by Crippen LogP contribution is -2.39. The smallest absolute Gasteiger partial charge is 0.228 e. The molecule has 0 bridgehead atoms. The van der Waals surface area contributed by atoms with Gasteiger partial charge in [-0.25, -0.2) is 0 Å². The molecular weight excluding hydrogens is 350 g/mol. The average Bonchev–Trinajstić information content (AvgIpc) is 3.01. The number of rotatable bonds is 4. The van der Waals surface area contributed by atoms with Crippen molar-refractivity contribution in [1.82, 2.24) is 9.80 Å². The molecule has 0 spiro atoms. The first-order chi connectivity index (χ1) is 13.6. The number of carbonyl (C=O) groups is 2. The number of para-hydroxylation sites is 1. The molecule has 2 aromatic rings. The van der Waals surface area contributed by atoms with E-state index in [2.05, 4.69) is 36.2 Å². The fourth-order valence-corrected chi connectivity index (χ4v) is 4.20. The summed E-state index contributed by atoms with van der Waals surface area (Å²) < 4.78 is 0. The zero-order valence-electron chi connectivity index (χ0n) is 16.4. The lowest BCUT2D eigenvalue weighted by Gasteiger charge is -2.24. The number of hydrogen-bond donors (Lipinski definition) is 0. The van der Waals surface area contributed by atoms with Crippen molar-refractivity contribution in [2.24, 2.45) is 5.92 Å². The fraction of sp³-hybridized carbons (Fsp3) is 0.391. The van der Waals surface area contributed by atoms with Gasteiger partial charge in [0.1, 0.15) is 0 Å². The Morgan fingerprint density at radius 2 is 1.79 bits per heavy atom. The summed E-state index contributed by atoms with van der Waals surface area (Å²) in [5, 5.41) is 0. The van der Waals surface area contributed by atoms with E-state index in [1.54, 1.807) is 0 Å². The van der Waals surface area contributed by atoms with Gasteiger partial charge in [0, 0.05) is 51.9 Å². The first kappa shape index (κ1) is 18.5. The van der Waals surface area contributed by atoms with Gasteiger partial charge in [-0.2, -0.15) is 0 Å². The van der Waals surface area contributed by atoms with Crippen LogP contribution in [0.5, 0.6) is 0 Å². The minimum absolute atomic E-state index is 0.0987. The van der Waals surface area contributed by atoms with Crippen molar-refractivity contribution in [3.63, 3.8) is 0 Å². The third-order valence-electron chi connectivity index (χ3n) is 5.86. The molecule has 146 valence electrons. The molecule has 0 aliphatic carbocycles. The molecule has 2 amide bonds. The number of amides is 2. The van der Waals surface area contributed by atoms with Gasteiger partial charge < -0.3 is 14.7 Å². The largest absolute Gasteiger partial charge is 0.373 e. The van der Waals surface area contributed by atoms with Crippen LogP contribution in [-0.2, 0) is 22.6 Å². The number of anilines is 1. The van der Waals surface area contributed by atoms with Gasteiger partial charge in [-0.05, 0) is 23.6 Å². The third kappa shape index (κ3) is 3.88. The number of fused-ring (bicyclic) bond motifs is 1. The summed E-state index contributed by atoms with van der Waals surface area (Å²) in [5.74, 6) is -0.0128. The van der Waals surface area contributed by atoms with Crippen LogP contribution in [0.4, 0.5) is 5.69 Å². The molecule has 5 nitrogen and oxygen atoms in total. The average molecular weight is 377 g/mol. The minimum Gasteiger partial charge on any atom is -0.373 e. The third-order valence-corrected chi connectivity index (χ3v) is 5.86. The Labute approximate surface area is 166 Å². The van der Waals surface area contributed by atoms with Gasteiger partial charge in [0.05, 0.1) is 5.92 Å². The maximum absolute atomic E-state index is 13.2. The van der Waals surface area contributed by atoms with E-state index in [4.69, 9.17) is 0 Å². The van der Waals surface area contributed by atoms with Crippen LogP contribution in [0.25, 0.3) is 0 Å². The zero-order chi connectivity index (χ0) is 19.5. The summed E-state index contributed by atoms with van der Waals surface area (Å²) in [7, 11) is 2.07. The van der Waals surface area contributed by atoms with Gasteiger partial charge in [-0.3, -0.25) is 9.59 Å². The van der Waals surface area contributed by atoms with Gasteiger partial charge in [0.2, 0.25) is 11.8 Å². The van der Waals surface area contributed by atoms with E-state index in [0.717, 1.165) is 13.0 Å². The van der Waals surface area contributed by atoms with Crippen LogP contribution in [0, 0.1) is 5.92 Å². The van der Waals surface area contributed by atoms with Gasteiger partial charge >= 0.3 is 0 Å². The topological polar surface area (TPSA) is 43.9 Å². The van der Waals surface area contributed by atoms with Crippen molar-refractivity contribution in [1.29, 1.82) is 0 Å². The maximum atomic E-state index is 13.2. The monoisotopic (exact) mass is 377 g/mol. The SMILES string of the molecule is CN1CCN(C(=O)C2CC(=O)N(CCc3ccccc3)C2)Cc2ccccc21. The summed E-state index contributed by atoms with van der Waals surface area (Å²) in [5.41, 5.74) is 3.57. The lowest BCUT2D eigenvalue weighted by molar-refractivity contribution is -0.136. The molecule has 0 saturated carbocycles. The molecule has 2 heterocycles. The number of hydrogen-bond acceptors (Lipinski definition) is 3. The van der Waals surface area contributed by atoms with E-state index in [1.807, 2.05) is 40.1 Å². The number of likely N-dealkylation sites (N-methyl/N-ethyl adjacent to an activating group) is 1. The first-order valence-corrected chi connectivity index (χ1v) is 10.0. The Hall–Kier alpha value is -2.82. The van der Waals surface area contributed by atoms with Crippen LogP contribution >= 0.6 is 0 Å². The number of benzene rings is 2. The summed E-state index contributed by atoms with van der Waals surface area (Å²) in [6, 6.07) is 18.4. The van der Waals surface area contributed by atoms with Crippen molar-refractivity contribution >= 4 is 17.5 Å². The summed E-state index contributed by atoms with van der Waals surface area (Å²) in [6.45, 7) is 3.34. The van der Waals surface area contributed by atoms with Crippen LogP contribution in [0.3, 0.4) is 0 Å². The van der Waals surface area contributed by atoms with Gasteiger partial charge in [-0.15, -0.1) is 0 Å². The Kier molecular flexibility index (Phi) is 5.33. The summed E-state index contributed by atoms with van der Waals surface area (Å²) >= 11 is 0. The Balaban J connectivity index is 1.39. The van der Waals surface area contributed by atoms with Crippen LogP contribution in [-0.4, -0.2) is 54.8 Å². The number of likely N-dealkylation sites (tertiary alicyclic amines) is 1. The molecule has 2 aromatic carbocycles. The molecule has 1 atom stereocenters. The van der Waals surface area contributed by atoms with Gasteiger partial charge in [0.25, 0.3) is 0 Å². The van der Waals surface area contributed by atoms with E-state index < -0.39 is 0 Å². The summed E-state index contributed by atoms with van der Waals surface area (Å²) in [6.07, 6.45) is 1.16. The molecule has 2 aliphatic rings. The van der Waals surface area contributed by atoms with E-state index in [1.165, 1.54) is 16.8 Å². The second kappa shape index (κ2) is 8.05. The van der Waals surface area contributed by atoms with E-state index in [-0.39, 0.29) is 17.7 Å². The Morgan fingerprint density at radius 1 is 1.04 bits per heavy atom. The zero-order valence-corrected chi connectivity index (χ0v) is 16.4. The number of carbonyl (C=O) groups excluding carboxylic acids is 2. The van der Waals surface area contributed by atoms with E-state index in [9.17, 15) is 9.59 Å². The second-order valence-electron chi connectivity index (χ2n) is 7.79. The lowest BCUT2D eigenvalue weighted by atomic mass is 10.1. The van der Waals surface area contributed by atoms with Crippen molar-refractivity contribution in [3.05, 3.63) is 65.7 Å².